The maximum Gasteiger partial charge on any atom is 0.161 e. The van der Waals surface area contributed by atoms with Crippen LogP contribution in [0.2, 0.25) is 10.0 Å². The average molecular weight is 325 g/mol. The topological polar surface area (TPSA) is 56.5 Å². The number of para-hydroxylation sites is 2. The summed E-state index contributed by atoms with van der Waals surface area (Å²) in [6.45, 7) is 0.370. The fraction of sp³-hybridized carbons (Fsp3) is 0.200. The first-order valence-electron chi connectivity index (χ1n) is 6.49. The quantitative estimate of drug-likeness (QED) is 0.671. The summed E-state index contributed by atoms with van der Waals surface area (Å²) in [6.07, 6.45) is -0.305. The summed E-state index contributed by atoms with van der Waals surface area (Å²) < 4.78 is 11.7. The first-order valence-corrected chi connectivity index (χ1v) is 7.25. The highest BCUT2D eigenvalue weighted by molar-refractivity contribution is 6.42. The lowest BCUT2D eigenvalue weighted by Gasteiger charge is -2.32. The van der Waals surface area contributed by atoms with Crippen molar-refractivity contribution >= 4 is 23.2 Å². The molecule has 1 aliphatic heterocycles. The number of rotatable bonds is 3. The molecule has 2 atom stereocenters. The average Bonchev–Trinajstić information content (AvgIpc) is 2.52. The molecule has 0 radical (unpaired) electrons. The van der Waals surface area contributed by atoms with Crippen LogP contribution in [-0.4, -0.2) is 12.7 Å². The molecule has 2 aromatic carbocycles. The number of hydrogen-bond donors (Lipinski definition) is 2. The van der Waals surface area contributed by atoms with Crippen LogP contribution in [0.5, 0.6) is 11.5 Å². The van der Waals surface area contributed by atoms with Crippen LogP contribution in [0.3, 0.4) is 0 Å². The fourth-order valence-electron chi connectivity index (χ4n) is 2.36. The number of hydrogen-bond acceptors (Lipinski definition) is 4. The van der Waals surface area contributed by atoms with E-state index in [9.17, 15) is 0 Å². The van der Waals surface area contributed by atoms with E-state index < -0.39 is 0 Å². The molecule has 0 fully saturated rings. The number of fused-ring (bicyclic) bond motifs is 1. The maximum absolute atomic E-state index is 6.26. The number of nitrogens with two attached hydrogens (primary N) is 1. The molecule has 2 aromatic rings. The fourth-order valence-corrected chi connectivity index (χ4v) is 2.78. The van der Waals surface area contributed by atoms with Crippen LogP contribution in [0.25, 0.3) is 0 Å². The molecule has 0 saturated heterocycles. The molecule has 0 spiro atoms. The first-order chi connectivity index (χ1) is 10.2. The smallest absolute Gasteiger partial charge is 0.161 e. The molecule has 3 N–H and O–H groups in total. The predicted molar refractivity (Wildman–Crippen MR) is 82.9 cm³/mol. The Balaban J connectivity index is 1.90. The molecule has 2 unspecified atom stereocenters. The Morgan fingerprint density at radius 1 is 1.10 bits per heavy atom. The summed E-state index contributed by atoms with van der Waals surface area (Å²) in [5.41, 5.74) is 3.52. The largest absolute Gasteiger partial charge is 0.486 e. The van der Waals surface area contributed by atoms with Gasteiger partial charge in [0.2, 0.25) is 0 Å². The molecule has 0 saturated carbocycles. The van der Waals surface area contributed by atoms with Crippen LogP contribution in [0.15, 0.2) is 42.5 Å². The lowest BCUT2D eigenvalue weighted by atomic mass is 10.0. The van der Waals surface area contributed by atoms with E-state index in [1.807, 2.05) is 36.4 Å². The summed E-state index contributed by atoms with van der Waals surface area (Å²) >= 11 is 12.3. The van der Waals surface area contributed by atoms with E-state index in [1.54, 1.807) is 6.07 Å². The van der Waals surface area contributed by atoms with E-state index >= 15 is 0 Å². The van der Waals surface area contributed by atoms with Gasteiger partial charge in [-0.3, -0.25) is 5.84 Å². The highest BCUT2D eigenvalue weighted by atomic mass is 35.5. The van der Waals surface area contributed by atoms with Crippen molar-refractivity contribution in [3.63, 3.8) is 0 Å². The molecule has 0 aliphatic carbocycles. The van der Waals surface area contributed by atoms with Gasteiger partial charge in [0.1, 0.15) is 6.61 Å². The van der Waals surface area contributed by atoms with Crippen LogP contribution in [0.4, 0.5) is 0 Å². The molecule has 21 heavy (non-hydrogen) atoms. The normalized spacial score (nSPS) is 18.3. The highest BCUT2D eigenvalue weighted by Crippen LogP contribution is 2.37. The molecular weight excluding hydrogens is 311 g/mol. The monoisotopic (exact) mass is 324 g/mol. The van der Waals surface area contributed by atoms with E-state index in [4.69, 9.17) is 38.5 Å². The summed E-state index contributed by atoms with van der Waals surface area (Å²) in [6, 6.07) is 12.6. The van der Waals surface area contributed by atoms with Crippen LogP contribution in [0, 0.1) is 0 Å². The Hall–Kier alpha value is -1.46. The van der Waals surface area contributed by atoms with Crippen molar-refractivity contribution in [3.8, 4) is 11.5 Å². The maximum atomic E-state index is 6.26. The minimum atomic E-state index is -0.329. The zero-order chi connectivity index (χ0) is 14.8. The van der Waals surface area contributed by atoms with Gasteiger partial charge in [-0.05, 0) is 23.8 Å². The zero-order valence-corrected chi connectivity index (χ0v) is 12.6. The summed E-state index contributed by atoms with van der Waals surface area (Å²) in [5, 5.41) is 0.941. The van der Waals surface area contributed by atoms with Crippen molar-refractivity contribution < 1.29 is 9.47 Å². The molecule has 110 valence electrons. The number of halogens is 2. The van der Waals surface area contributed by atoms with E-state index in [1.165, 1.54) is 0 Å². The Morgan fingerprint density at radius 3 is 2.62 bits per heavy atom. The highest BCUT2D eigenvalue weighted by Gasteiger charge is 2.31. The van der Waals surface area contributed by atoms with Gasteiger partial charge in [0.15, 0.2) is 17.6 Å². The van der Waals surface area contributed by atoms with Crippen molar-refractivity contribution in [1.82, 2.24) is 5.43 Å². The lowest BCUT2D eigenvalue weighted by molar-refractivity contribution is 0.0617. The van der Waals surface area contributed by atoms with E-state index in [-0.39, 0.29) is 12.1 Å². The predicted octanol–water partition coefficient (Wildman–Crippen LogP) is 3.34. The Labute approximate surface area is 132 Å². The van der Waals surface area contributed by atoms with Crippen LogP contribution >= 0.6 is 23.2 Å². The van der Waals surface area contributed by atoms with E-state index in [0.29, 0.717) is 22.4 Å². The molecule has 3 rings (SSSR count). The van der Waals surface area contributed by atoms with Crippen LogP contribution in [0.1, 0.15) is 11.6 Å². The van der Waals surface area contributed by atoms with Gasteiger partial charge >= 0.3 is 0 Å². The van der Waals surface area contributed by atoms with Crippen molar-refractivity contribution in [1.29, 1.82) is 0 Å². The van der Waals surface area contributed by atoms with Crippen LogP contribution in [-0.2, 0) is 0 Å². The third-order valence-corrected chi connectivity index (χ3v) is 4.23. The van der Waals surface area contributed by atoms with Gasteiger partial charge in [0, 0.05) is 0 Å². The second-order valence-electron chi connectivity index (χ2n) is 4.70. The van der Waals surface area contributed by atoms with E-state index in [2.05, 4.69) is 5.43 Å². The lowest BCUT2D eigenvalue weighted by Crippen LogP contribution is -2.44. The number of nitrogens with one attached hydrogen (secondary N) is 1. The summed E-state index contributed by atoms with van der Waals surface area (Å²) in [4.78, 5) is 0. The minimum Gasteiger partial charge on any atom is -0.486 e. The van der Waals surface area contributed by atoms with Gasteiger partial charge in [-0.1, -0.05) is 47.5 Å². The molecule has 4 nitrogen and oxygen atoms in total. The molecule has 1 heterocycles. The molecule has 1 aliphatic rings. The van der Waals surface area contributed by atoms with Gasteiger partial charge < -0.3 is 9.47 Å². The molecule has 0 aromatic heterocycles. The van der Waals surface area contributed by atoms with Gasteiger partial charge in [0.25, 0.3) is 0 Å². The Kier molecular flexibility index (Phi) is 4.22. The SMILES string of the molecule is NNC(c1cccc(Cl)c1Cl)C1COc2ccccc2O1. The van der Waals surface area contributed by atoms with Crippen molar-refractivity contribution in [3.05, 3.63) is 58.1 Å². The third-order valence-electron chi connectivity index (χ3n) is 3.40. The molecule has 0 bridgehead atoms. The Morgan fingerprint density at radius 2 is 1.86 bits per heavy atom. The van der Waals surface area contributed by atoms with Gasteiger partial charge in [-0.15, -0.1) is 0 Å². The van der Waals surface area contributed by atoms with Gasteiger partial charge in [0.05, 0.1) is 16.1 Å². The zero-order valence-electron chi connectivity index (χ0n) is 11.1. The molecule has 6 heteroatoms. The number of hydrazine groups is 1. The van der Waals surface area contributed by atoms with E-state index in [0.717, 1.165) is 11.3 Å². The summed E-state index contributed by atoms with van der Waals surface area (Å²) in [5.74, 6) is 7.10. The second kappa shape index (κ2) is 6.12. The standard InChI is InChI=1S/C15H14Cl2N2O2/c16-10-5-3-4-9(14(10)17)15(19-18)13-8-20-11-6-1-2-7-12(11)21-13/h1-7,13,15,19H,8,18H2. The Bertz CT molecular complexity index is 651. The summed E-state index contributed by atoms with van der Waals surface area (Å²) in [7, 11) is 0. The third kappa shape index (κ3) is 2.80. The number of benzene rings is 2. The van der Waals surface area contributed by atoms with Crippen molar-refractivity contribution in [2.45, 2.75) is 12.1 Å². The molecular formula is C15H14Cl2N2O2. The van der Waals surface area contributed by atoms with Crippen molar-refractivity contribution in [2.24, 2.45) is 5.84 Å². The second-order valence-corrected chi connectivity index (χ2v) is 5.49. The number of ether oxygens (including phenoxy) is 2. The van der Waals surface area contributed by atoms with Crippen LogP contribution < -0.4 is 20.7 Å². The van der Waals surface area contributed by atoms with Crippen molar-refractivity contribution in [2.75, 3.05) is 6.61 Å². The minimum absolute atomic E-state index is 0.305. The van der Waals surface area contributed by atoms with Gasteiger partial charge in [-0.2, -0.15) is 0 Å². The molecule has 0 amide bonds. The first kappa shape index (κ1) is 14.5. The van der Waals surface area contributed by atoms with Gasteiger partial charge in [-0.25, -0.2) is 5.43 Å².